The number of hydrogen-bond acceptors (Lipinski definition) is 1. The molecule has 0 aliphatic heterocycles. The molecule has 1 aliphatic rings. The van der Waals surface area contributed by atoms with Crippen molar-refractivity contribution in [3.63, 3.8) is 0 Å². The first-order valence-electron chi connectivity index (χ1n) is 7.42. The summed E-state index contributed by atoms with van der Waals surface area (Å²) in [6.07, 6.45) is 8.32. The predicted molar refractivity (Wildman–Crippen MR) is 72.7 cm³/mol. The van der Waals surface area contributed by atoms with Gasteiger partial charge in [-0.1, -0.05) is 40.5 Å². The van der Waals surface area contributed by atoms with Crippen LogP contribution in [0.1, 0.15) is 66.2 Å². The molecule has 96 valence electrons. The van der Waals surface area contributed by atoms with E-state index in [1.165, 1.54) is 45.1 Å². The number of rotatable bonds is 9. The van der Waals surface area contributed by atoms with E-state index in [2.05, 4.69) is 33.0 Å². The Kier molecular flexibility index (Phi) is 6.41. The molecule has 3 unspecified atom stereocenters. The van der Waals surface area contributed by atoms with Crippen molar-refractivity contribution in [2.24, 2.45) is 17.8 Å². The van der Waals surface area contributed by atoms with Crippen LogP contribution in [0.2, 0.25) is 0 Å². The molecule has 0 saturated heterocycles. The molecule has 0 spiro atoms. The van der Waals surface area contributed by atoms with Crippen LogP contribution >= 0.6 is 0 Å². The van der Waals surface area contributed by atoms with Crippen LogP contribution < -0.4 is 5.32 Å². The Labute approximate surface area is 102 Å². The van der Waals surface area contributed by atoms with Gasteiger partial charge in [0.1, 0.15) is 0 Å². The second-order valence-electron chi connectivity index (χ2n) is 5.89. The number of hydrogen-bond donors (Lipinski definition) is 1. The maximum atomic E-state index is 3.78. The summed E-state index contributed by atoms with van der Waals surface area (Å²) in [4.78, 5) is 0. The van der Waals surface area contributed by atoms with E-state index >= 15 is 0 Å². The van der Waals surface area contributed by atoms with E-state index in [4.69, 9.17) is 0 Å². The predicted octanol–water partition coefficient (Wildman–Crippen LogP) is 4.23. The molecule has 0 aromatic rings. The molecular formula is C15H31N. The van der Waals surface area contributed by atoms with Gasteiger partial charge in [0.2, 0.25) is 0 Å². The lowest BCUT2D eigenvalue weighted by molar-refractivity contribution is 0.283. The fourth-order valence-corrected chi connectivity index (χ4v) is 2.81. The standard InChI is InChI=1S/C15H31N/c1-5-7-12(3)11-15(16-10-6-2)13(4)14-8-9-14/h12-16H,5-11H2,1-4H3. The third kappa shape index (κ3) is 4.86. The molecule has 1 aliphatic carbocycles. The average Bonchev–Trinajstić information content (AvgIpc) is 3.07. The highest BCUT2D eigenvalue weighted by atomic mass is 14.9. The highest BCUT2D eigenvalue weighted by molar-refractivity contribution is 4.87. The van der Waals surface area contributed by atoms with E-state index in [0.717, 1.165) is 23.8 Å². The molecule has 0 radical (unpaired) electrons. The molecule has 1 heteroatoms. The topological polar surface area (TPSA) is 12.0 Å². The monoisotopic (exact) mass is 225 g/mol. The maximum Gasteiger partial charge on any atom is 0.00978 e. The summed E-state index contributed by atoms with van der Waals surface area (Å²) in [7, 11) is 0. The lowest BCUT2D eigenvalue weighted by Gasteiger charge is -2.28. The molecule has 1 nitrogen and oxygen atoms in total. The quantitative estimate of drug-likeness (QED) is 0.619. The Morgan fingerprint density at radius 1 is 1.12 bits per heavy atom. The molecule has 0 bridgehead atoms. The molecule has 0 amide bonds. The summed E-state index contributed by atoms with van der Waals surface area (Å²) in [5, 5.41) is 3.78. The van der Waals surface area contributed by atoms with E-state index in [0.29, 0.717) is 0 Å². The van der Waals surface area contributed by atoms with E-state index in [-0.39, 0.29) is 0 Å². The Morgan fingerprint density at radius 3 is 2.31 bits per heavy atom. The summed E-state index contributed by atoms with van der Waals surface area (Å²) >= 11 is 0. The zero-order valence-electron chi connectivity index (χ0n) is 11.8. The van der Waals surface area contributed by atoms with Crippen molar-refractivity contribution >= 4 is 0 Å². The minimum absolute atomic E-state index is 0.772. The van der Waals surface area contributed by atoms with Crippen molar-refractivity contribution in [2.45, 2.75) is 72.3 Å². The summed E-state index contributed by atoms with van der Waals surface area (Å²) in [6.45, 7) is 10.6. The van der Waals surface area contributed by atoms with Crippen LogP contribution in [0.3, 0.4) is 0 Å². The van der Waals surface area contributed by atoms with Gasteiger partial charge in [-0.05, 0) is 50.0 Å². The molecule has 3 atom stereocenters. The van der Waals surface area contributed by atoms with Gasteiger partial charge in [-0.15, -0.1) is 0 Å². The van der Waals surface area contributed by atoms with Crippen molar-refractivity contribution < 1.29 is 0 Å². The van der Waals surface area contributed by atoms with Gasteiger partial charge in [-0.25, -0.2) is 0 Å². The Hall–Kier alpha value is -0.0400. The van der Waals surface area contributed by atoms with E-state index in [1.54, 1.807) is 0 Å². The zero-order chi connectivity index (χ0) is 12.0. The summed E-state index contributed by atoms with van der Waals surface area (Å²) in [6, 6.07) is 0.772. The average molecular weight is 225 g/mol. The number of nitrogens with one attached hydrogen (secondary N) is 1. The second-order valence-corrected chi connectivity index (χ2v) is 5.89. The zero-order valence-corrected chi connectivity index (χ0v) is 11.8. The normalized spacial score (nSPS) is 21.8. The van der Waals surface area contributed by atoms with Gasteiger partial charge in [0, 0.05) is 6.04 Å². The van der Waals surface area contributed by atoms with Crippen LogP contribution in [0, 0.1) is 17.8 Å². The summed E-state index contributed by atoms with van der Waals surface area (Å²) in [5.74, 6) is 2.81. The largest absolute Gasteiger partial charge is 0.314 e. The van der Waals surface area contributed by atoms with Crippen molar-refractivity contribution in [2.75, 3.05) is 6.54 Å². The van der Waals surface area contributed by atoms with Gasteiger partial charge in [-0.2, -0.15) is 0 Å². The first-order chi connectivity index (χ1) is 7.69. The van der Waals surface area contributed by atoms with E-state index < -0.39 is 0 Å². The van der Waals surface area contributed by atoms with Gasteiger partial charge >= 0.3 is 0 Å². The molecule has 0 heterocycles. The molecular weight excluding hydrogens is 194 g/mol. The van der Waals surface area contributed by atoms with Crippen LogP contribution in [0.15, 0.2) is 0 Å². The SMILES string of the molecule is CCCNC(CC(C)CCC)C(C)C1CC1. The van der Waals surface area contributed by atoms with Gasteiger partial charge < -0.3 is 5.32 Å². The fraction of sp³-hybridized carbons (Fsp3) is 1.00. The lowest BCUT2D eigenvalue weighted by Crippen LogP contribution is -2.37. The molecule has 1 fully saturated rings. The van der Waals surface area contributed by atoms with Gasteiger partial charge in [0.15, 0.2) is 0 Å². The molecule has 0 aromatic carbocycles. The van der Waals surface area contributed by atoms with Crippen LogP contribution in [0.4, 0.5) is 0 Å². The minimum atomic E-state index is 0.772. The summed E-state index contributed by atoms with van der Waals surface area (Å²) in [5.41, 5.74) is 0. The minimum Gasteiger partial charge on any atom is -0.314 e. The van der Waals surface area contributed by atoms with Crippen LogP contribution in [-0.4, -0.2) is 12.6 Å². The third-order valence-electron chi connectivity index (χ3n) is 4.09. The van der Waals surface area contributed by atoms with Gasteiger partial charge in [0.05, 0.1) is 0 Å². The van der Waals surface area contributed by atoms with Gasteiger partial charge in [0.25, 0.3) is 0 Å². The molecule has 1 saturated carbocycles. The fourth-order valence-electron chi connectivity index (χ4n) is 2.81. The van der Waals surface area contributed by atoms with Gasteiger partial charge in [-0.3, -0.25) is 0 Å². The molecule has 1 N–H and O–H groups in total. The molecule has 1 rings (SSSR count). The molecule has 16 heavy (non-hydrogen) atoms. The molecule has 0 aromatic heterocycles. The third-order valence-corrected chi connectivity index (χ3v) is 4.09. The smallest absolute Gasteiger partial charge is 0.00978 e. The van der Waals surface area contributed by atoms with Crippen molar-refractivity contribution in [3.8, 4) is 0 Å². The highest BCUT2D eigenvalue weighted by Gasteiger charge is 2.33. The Balaban J connectivity index is 2.35. The van der Waals surface area contributed by atoms with Crippen LogP contribution in [0.5, 0.6) is 0 Å². The Bertz CT molecular complexity index is 174. The second kappa shape index (κ2) is 7.32. The summed E-state index contributed by atoms with van der Waals surface area (Å²) < 4.78 is 0. The van der Waals surface area contributed by atoms with Crippen molar-refractivity contribution in [3.05, 3.63) is 0 Å². The van der Waals surface area contributed by atoms with Crippen LogP contribution in [0.25, 0.3) is 0 Å². The van der Waals surface area contributed by atoms with Crippen molar-refractivity contribution in [1.29, 1.82) is 0 Å². The van der Waals surface area contributed by atoms with E-state index in [9.17, 15) is 0 Å². The first-order valence-corrected chi connectivity index (χ1v) is 7.42. The van der Waals surface area contributed by atoms with Crippen LogP contribution in [-0.2, 0) is 0 Å². The van der Waals surface area contributed by atoms with E-state index in [1.807, 2.05) is 0 Å². The Morgan fingerprint density at radius 2 is 1.81 bits per heavy atom. The first kappa shape index (κ1) is 14.0. The highest BCUT2D eigenvalue weighted by Crippen LogP contribution is 2.39. The maximum absolute atomic E-state index is 3.78. The van der Waals surface area contributed by atoms with Crippen molar-refractivity contribution in [1.82, 2.24) is 5.32 Å². The lowest BCUT2D eigenvalue weighted by atomic mass is 9.87.